The molecule has 0 aliphatic carbocycles. The number of fused-ring (bicyclic) bond motifs is 2. The largest absolute Gasteiger partial charge is 0.512 e. The summed E-state index contributed by atoms with van der Waals surface area (Å²) in [4.78, 5) is 67.2. The fourth-order valence-corrected chi connectivity index (χ4v) is 6.92. The van der Waals surface area contributed by atoms with E-state index < -0.39 is 41.2 Å². The maximum absolute atomic E-state index is 13.1. The first-order chi connectivity index (χ1) is 19.6. The number of carbonyl (C=O) groups is 4. The van der Waals surface area contributed by atoms with Crippen LogP contribution in [0.15, 0.2) is 33.2 Å². The first-order valence-corrected chi connectivity index (χ1v) is 14.3. The number of aromatic carboxylic acids is 1. The summed E-state index contributed by atoms with van der Waals surface area (Å²) in [7, 11) is 1.25. The highest BCUT2D eigenvalue weighted by Crippen LogP contribution is 2.42. The third-order valence-electron chi connectivity index (χ3n) is 5.62. The number of hydrogen-bond acceptors (Lipinski definition) is 15. The van der Waals surface area contributed by atoms with E-state index in [4.69, 9.17) is 15.3 Å². The van der Waals surface area contributed by atoms with Crippen LogP contribution in [0.3, 0.4) is 0 Å². The molecule has 5 N–H and O–H groups in total. The molecule has 3 aromatic heterocycles. The second-order valence-electron chi connectivity index (χ2n) is 8.31. The van der Waals surface area contributed by atoms with Crippen LogP contribution in [0.25, 0.3) is 5.65 Å². The predicted octanol–water partition coefficient (Wildman–Crippen LogP) is 0.619. The Morgan fingerprint density at radius 2 is 2.07 bits per heavy atom. The second kappa shape index (κ2) is 11.2. The zero-order valence-corrected chi connectivity index (χ0v) is 23.4. The Labute approximate surface area is 241 Å². The molecule has 214 valence electrons. The lowest BCUT2D eigenvalue weighted by molar-refractivity contribution is -0.148. The average molecular weight is 622 g/mol. The number of nitrogens with zero attached hydrogens (tertiary/aromatic N) is 7. The zero-order valence-electron chi connectivity index (χ0n) is 21.0. The Kier molecular flexibility index (Phi) is 7.69. The van der Waals surface area contributed by atoms with Crippen molar-refractivity contribution < 1.29 is 39.0 Å². The number of aromatic nitrogens is 5. The lowest BCUT2D eigenvalue weighted by atomic mass is 10.1. The van der Waals surface area contributed by atoms with E-state index in [2.05, 4.69) is 30.5 Å². The molecule has 0 radical (unpaired) electrons. The Morgan fingerprint density at radius 3 is 2.73 bits per heavy atom. The summed E-state index contributed by atoms with van der Waals surface area (Å²) in [6, 6.07) is 0.567. The van der Waals surface area contributed by atoms with E-state index in [0.29, 0.717) is 16.4 Å². The topological polar surface area (TPSA) is 237 Å². The Morgan fingerprint density at radius 1 is 1.29 bits per heavy atom. The van der Waals surface area contributed by atoms with Crippen LogP contribution in [0, 0.1) is 6.92 Å². The monoisotopic (exact) mass is 621 g/mol. The van der Waals surface area contributed by atoms with Gasteiger partial charge in [-0.1, -0.05) is 16.9 Å². The summed E-state index contributed by atoms with van der Waals surface area (Å²) in [6.07, 6.45) is -1.62. The van der Waals surface area contributed by atoms with Crippen molar-refractivity contribution in [3.8, 4) is 0 Å². The summed E-state index contributed by atoms with van der Waals surface area (Å²) in [6.45, 7) is 1.71. The van der Waals surface area contributed by atoms with Crippen LogP contribution in [0.1, 0.15) is 22.0 Å². The Hall–Kier alpha value is -4.43. The number of thiazole rings is 1. The molecule has 1 saturated heterocycles. The number of aryl methyl sites for hydroxylation is 1. The fraction of sp³-hybridized carbons (Fsp3) is 0.286. The van der Waals surface area contributed by atoms with Crippen molar-refractivity contribution in [3.05, 3.63) is 40.1 Å². The van der Waals surface area contributed by atoms with Crippen LogP contribution in [-0.2, 0) is 19.2 Å². The van der Waals surface area contributed by atoms with Crippen LogP contribution < -0.4 is 11.1 Å². The second-order valence-corrected chi connectivity index (χ2v) is 11.2. The van der Waals surface area contributed by atoms with E-state index >= 15 is 0 Å². The molecule has 1 fully saturated rings. The van der Waals surface area contributed by atoms with Crippen LogP contribution in [0.4, 0.5) is 9.93 Å². The lowest BCUT2D eigenvalue weighted by Gasteiger charge is -2.49. The molecule has 5 rings (SSSR count). The number of anilines is 1. The van der Waals surface area contributed by atoms with Crippen molar-refractivity contribution in [2.24, 2.45) is 5.16 Å². The van der Waals surface area contributed by atoms with Gasteiger partial charge in [0.1, 0.15) is 24.2 Å². The molecule has 0 spiro atoms. The molecule has 20 heteroatoms. The van der Waals surface area contributed by atoms with Gasteiger partial charge < -0.3 is 30.8 Å². The number of carboxylic acid groups (broad SMARTS) is 2. The van der Waals surface area contributed by atoms with Crippen molar-refractivity contribution in [3.63, 3.8) is 0 Å². The SMILES string of the molecule is CO/N=C(\C(=O)N[C@@H]1C(=O)N2C(OC(=O)O)=C(CSc3nc(C)cc4nc(C(=O)O)nn34)CS[C@H]12)c1csc(N)n1. The maximum atomic E-state index is 13.1. The highest BCUT2D eigenvalue weighted by molar-refractivity contribution is 8.01. The maximum Gasteiger partial charge on any atom is 0.512 e. The molecule has 2 amide bonds. The van der Waals surface area contributed by atoms with Crippen molar-refractivity contribution in [2.45, 2.75) is 23.5 Å². The third-order valence-corrected chi connectivity index (χ3v) is 8.64. The molecule has 5 heterocycles. The van der Waals surface area contributed by atoms with E-state index in [1.807, 2.05) is 0 Å². The van der Waals surface area contributed by atoms with Crippen molar-refractivity contribution in [1.82, 2.24) is 34.8 Å². The van der Waals surface area contributed by atoms with Gasteiger partial charge in [-0.25, -0.2) is 24.5 Å². The Balaban J connectivity index is 1.36. The van der Waals surface area contributed by atoms with Gasteiger partial charge in [-0.2, -0.15) is 4.52 Å². The van der Waals surface area contributed by atoms with E-state index in [-0.39, 0.29) is 39.6 Å². The van der Waals surface area contributed by atoms with Gasteiger partial charge in [-0.3, -0.25) is 14.5 Å². The summed E-state index contributed by atoms with van der Waals surface area (Å²) in [5.41, 5.74) is 6.94. The molecule has 2 atom stereocenters. The number of amides is 2. The van der Waals surface area contributed by atoms with Crippen LogP contribution in [0.5, 0.6) is 0 Å². The summed E-state index contributed by atoms with van der Waals surface area (Å²) in [5, 5.41) is 30.3. The third kappa shape index (κ3) is 5.47. The summed E-state index contributed by atoms with van der Waals surface area (Å²) < 4.78 is 6.29. The van der Waals surface area contributed by atoms with Crippen LogP contribution >= 0.6 is 34.9 Å². The number of rotatable bonds is 9. The van der Waals surface area contributed by atoms with Crippen LogP contribution in [0.2, 0.25) is 0 Å². The molecule has 0 bridgehead atoms. The van der Waals surface area contributed by atoms with Gasteiger partial charge in [-0.15, -0.1) is 28.2 Å². The summed E-state index contributed by atoms with van der Waals surface area (Å²) in [5.74, 6) is -2.81. The van der Waals surface area contributed by atoms with Crippen molar-refractivity contribution >= 4 is 75.3 Å². The minimum absolute atomic E-state index is 0.132. The standard InChI is InChI=1S/C21H19N9O8S3/c1-7-3-10-25-13(18(33)34)27-30(10)20(23-7)41-5-8-4-39-17-12(15(32)29(17)16(8)38-21(35)36)26-14(31)11(28-37-2)9-6-40-19(22)24-9/h3,6,12,17H,4-5H2,1-2H3,(H2,22,24)(H,26,31)(H,33,34)(H,35,36)/b28-11-/t12-,17-/m1/s1. The first kappa shape index (κ1) is 28.1. The van der Waals surface area contributed by atoms with Gasteiger partial charge in [0.05, 0.1) is 0 Å². The fourth-order valence-electron chi connectivity index (χ4n) is 3.92. The smallest absolute Gasteiger partial charge is 0.475 e. The molecule has 2 aliphatic heterocycles. The molecule has 0 saturated carbocycles. The van der Waals surface area contributed by atoms with Crippen molar-refractivity contribution in [1.29, 1.82) is 0 Å². The normalized spacial score (nSPS) is 18.6. The van der Waals surface area contributed by atoms with E-state index in [1.165, 1.54) is 28.8 Å². The van der Waals surface area contributed by atoms with Crippen molar-refractivity contribution in [2.75, 3.05) is 24.3 Å². The van der Waals surface area contributed by atoms with Gasteiger partial charge in [0.25, 0.3) is 17.6 Å². The number of thioether (sulfide) groups is 2. The van der Waals surface area contributed by atoms with Gasteiger partial charge in [0, 0.05) is 34.2 Å². The average Bonchev–Trinajstić information content (AvgIpc) is 3.55. The molecular weight excluding hydrogens is 602 g/mol. The number of oxime groups is 1. The number of carboxylic acids is 1. The number of nitrogens with two attached hydrogens (primary N) is 1. The molecule has 0 unspecified atom stereocenters. The van der Waals surface area contributed by atoms with Gasteiger partial charge in [-0.05, 0) is 6.92 Å². The first-order valence-electron chi connectivity index (χ1n) is 11.4. The van der Waals surface area contributed by atoms with E-state index in [1.54, 1.807) is 13.0 Å². The van der Waals surface area contributed by atoms with E-state index in [0.717, 1.165) is 28.0 Å². The van der Waals surface area contributed by atoms with Gasteiger partial charge in [0.15, 0.2) is 21.6 Å². The Bertz CT molecular complexity index is 1650. The molecule has 41 heavy (non-hydrogen) atoms. The molecule has 17 nitrogen and oxygen atoms in total. The highest BCUT2D eigenvalue weighted by Gasteiger charge is 2.54. The quantitative estimate of drug-likeness (QED) is 0.0640. The molecule has 3 aromatic rings. The minimum Gasteiger partial charge on any atom is -0.475 e. The number of carbonyl (C=O) groups excluding carboxylic acids is 2. The van der Waals surface area contributed by atoms with Gasteiger partial charge >= 0.3 is 12.1 Å². The number of hydrogen-bond donors (Lipinski definition) is 4. The number of nitrogen functional groups attached to an aromatic ring is 1. The zero-order chi connectivity index (χ0) is 29.4. The molecule has 0 aromatic carbocycles. The summed E-state index contributed by atoms with van der Waals surface area (Å²) >= 11 is 3.52. The molecule has 2 aliphatic rings. The number of nitrogens with one attached hydrogen (secondary N) is 1. The molecular formula is C21H19N9O8S3. The highest BCUT2D eigenvalue weighted by atomic mass is 32.2. The minimum atomic E-state index is -1.62. The number of β-lactam (4-membered cyclic amide) rings is 1. The number of ether oxygens (including phenoxy) is 1. The van der Waals surface area contributed by atoms with Gasteiger partial charge in [0.2, 0.25) is 5.88 Å². The van der Waals surface area contributed by atoms with E-state index in [9.17, 15) is 29.4 Å². The lowest BCUT2D eigenvalue weighted by Crippen LogP contribution is -2.70. The predicted molar refractivity (Wildman–Crippen MR) is 144 cm³/mol. The van der Waals surface area contributed by atoms with Crippen LogP contribution in [-0.4, -0.2) is 99.4 Å².